The number of aromatic nitrogens is 2. The number of benzene rings is 1. The van der Waals surface area contributed by atoms with Crippen LogP contribution in [-0.2, 0) is 16.6 Å². The molecular formula is C14H17F2N3O3S. The molecule has 1 aromatic heterocycles. The molecule has 0 fully saturated rings. The number of rotatable bonds is 6. The van der Waals surface area contributed by atoms with Gasteiger partial charge in [0.2, 0.25) is 0 Å². The number of methoxy groups -OCH3 is 1. The Kier molecular flexibility index (Phi) is 4.88. The molecule has 0 radical (unpaired) electrons. The highest BCUT2D eigenvalue weighted by atomic mass is 32.2. The Bertz CT molecular complexity index is 804. The molecular weight excluding hydrogens is 328 g/mol. The minimum absolute atomic E-state index is 0.182. The van der Waals surface area contributed by atoms with Gasteiger partial charge in [-0.1, -0.05) is 0 Å². The van der Waals surface area contributed by atoms with Crippen molar-refractivity contribution in [1.82, 2.24) is 9.78 Å². The lowest BCUT2D eigenvalue weighted by Crippen LogP contribution is -2.14. The van der Waals surface area contributed by atoms with Gasteiger partial charge in [-0.2, -0.15) is 5.10 Å². The summed E-state index contributed by atoms with van der Waals surface area (Å²) in [7, 11) is -2.43. The summed E-state index contributed by atoms with van der Waals surface area (Å²) in [5.74, 6) is 0.552. The number of hydrogen-bond donors (Lipinski definition) is 1. The molecule has 0 bridgehead atoms. The minimum Gasteiger partial charge on any atom is -0.496 e. The van der Waals surface area contributed by atoms with Crippen LogP contribution in [0.1, 0.15) is 11.1 Å². The van der Waals surface area contributed by atoms with Gasteiger partial charge in [-0.25, -0.2) is 17.2 Å². The zero-order chi connectivity index (χ0) is 17.2. The first kappa shape index (κ1) is 17.2. The summed E-state index contributed by atoms with van der Waals surface area (Å²) in [6.07, 6.45) is -0.508. The fourth-order valence-corrected chi connectivity index (χ4v) is 3.14. The van der Waals surface area contributed by atoms with Crippen molar-refractivity contribution in [2.75, 3.05) is 11.8 Å². The number of anilines is 1. The van der Waals surface area contributed by atoms with Crippen molar-refractivity contribution in [3.63, 3.8) is 0 Å². The number of nitrogens with one attached hydrogen (secondary N) is 1. The number of nitrogens with zero attached hydrogens (tertiary/aromatic N) is 2. The number of hydrogen-bond acceptors (Lipinski definition) is 4. The number of alkyl halides is 2. The fraction of sp³-hybridized carbons (Fsp3) is 0.357. The Hall–Kier alpha value is -2.16. The van der Waals surface area contributed by atoms with E-state index in [1.54, 1.807) is 26.0 Å². The normalized spacial score (nSPS) is 11.7. The third-order valence-corrected chi connectivity index (χ3v) is 4.53. The lowest BCUT2D eigenvalue weighted by atomic mass is 10.1. The molecule has 9 heteroatoms. The van der Waals surface area contributed by atoms with Crippen molar-refractivity contribution in [2.24, 2.45) is 0 Å². The van der Waals surface area contributed by atoms with Crippen LogP contribution in [0.25, 0.3) is 0 Å². The molecule has 0 spiro atoms. The van der Waals surface area contributed by atoms with Gasteiger partial charge in [0.05, 0.1) is 19.0 Å². The van der Waals surface area contributed by atoms with Crippen LogP contribution in [0.2, 0.25) is 0 Å². The zero-order valence-electron chi connectivity index (χ0n) is 12.9. The molecule has 6 nitrogen and oxygen atoms in total. The molecule has 0 aliphatic heterocycles. The molecule has 126 valence electrons. The Morgan fingerprint density at radius 2 is 2.04 bits per heavy atom. The van der Waals surface area contributed by atoms with Gasteiger partial charge < -0.3 is 4.74 Å². The van der Waals surface area contributed by atoms with Crippen LogP contribution in [0.4, 0.5) is 14.5 Å². The maximum atomic E-state index is 12.4. The van der Waals surface area contributed by atoms with Gasteiger partial charge in [-0.05, 0) is 31.5 Å². The van der Waals surface area contributed by atoms with Gasteiger partial charge in [0.25, 0.3) is 16.4 Å². The molecule has 2 aromatic rings. The lowest BCUT2D eigenvalue weighted by Gasteiger charge is -2.13. The summed E-state index contributed by atoms with van der Waals surface area (Å²) in [4.78, 5) is -0.182. The van der Waals surface area contributed by atoms with E-state index in [0.29, 0.717) is 17.0 Å². The van der Waals surface area contributed by atoms with Crippen molar-refractivity contribution >= 4 is 15.7 Å². The van der Waals surface area contributed by atoms with E-state index in [-0.39, 0.29) is 4.90 Å². The van der Waals surface area contributed by atoms with Gasteiger partial charge in [0.15, 0.2) is 0 Å². The van der Waals surface area contributed by atoms with Crippen LogP contribution in [0.5, 0.6) is 5.75 Å². The van der Waals surface area contributed by atoms with Crippen molar-refractivity contribution in [3.05, 3.63) is 35.7 Å². The monoisotopic (exact) mass is 345 g/mol. The Balaban J connectivity index is 2.31. The smallest absolute Gasteiger partial charge is 0.265 e. The summed E-state index contributed by atoms with van der Waals surface area (Å²) >= 11 is 0. The van der Waals surface area contributed by atoms with E-state index in [1.807, 2.05) is 0 Å². The Morgan fingerprint density at radius 3 is 2.65 bits per heavy atom. The maximum absolute atomic E-state index is 12.4. The molecule has 0 aliphatic carbocycles. The molecule has 1 heterocycles. The molecule has 1 aromatic carbocycles. The van der Waals surface area contributed by atoms with Gasteiger partial charge in [-0.15, -0.1) is 0 Å². The van der Waals surface area contributed by atoms with E-state index >= 15 is 0 Å². The van der Waals surface area contributed by atoms with E-state index < -0.39 is 23.0 Å². The van der Waals surface area contributed by atoms with E-state index in [9.17, 15) is 17.2 Å². The molecule has 0 aliphatic rings. The molecule has 0 saturated carbocycles. The number of ether oxygens (including phenoxy) is 1. The average Bonchev–Trinajstić information content (AvgIpc) is 2.90. The molecule has 0 saturated heterocycles. The van der Waals surface area contributed by atoms with E-state index in [0.717, 1.165) is 22.6 Å². The highest BCUT2D eigenvalue weighted by molar-refractivity contribution is 7.92. The highest BCUT2D eigenvalue weighted by Crippen LogP contribution is 2.29. The molecule has 0 amide bonds. The van der Waals surface area contributed by atoms with E-state index in [1.165, 1.54) is 7.11 Å². The quantitative estimate of drug-likeness (QED) is 0.873. The standard InChI is InChI=1S/C14H17F2N3O3S/c1-9-4-12(10(2)13(5-9)22-3)18-23(20,21)11-6-17-19(7-11)8-14(15)16/h4-7,14,18H,8H2,1-3H3. The zero-order valence-corrected chi connectivity index (χ0v) is 13.7. The third-order valence-electron chi connectivity index (χ3n) is 3.21. The topological polar surface area (TPSA) is 73.2 Å². The van der Waals surface area contributed by atoms with Gasteiger partial charge in [0.1, 0.15) is 17.2 Å². The van der Waals surface area contributed by atoms with Crippen molar-refractivity contribution in [1.29, 1.82) is 0 Å². The highest BCUT2D eigenvalue weighted by Gasteiger charge is 2.19. The molecule has 0 atom stereocenters. The first-order chi connectivity index (χ1) is 10.7. The second-order valence-electron chi connectivity index (χ2n) is 5.03. The first-order valence-electron chi connectivity index (χ1n) is 6.71. The summed E-state index contributed by atoms with van der Waals surface area (Å²) in [6, 6.07) is 3.45. The molecule has 2 rings (SSSR count). The molecule has 0 unspecified atom stereocenters. The Labute approximate surface area is 133 Å². The second-order valence-corrected chi connectivity index (χ2v) is 6.72. The van der Waals surface area contributed by atoms with Crippen molar-refractivity contribution < 1.29 is 21.9 Å². The summed E-state index contributed by atoms with van der Waals surface area (Å²) in [5.41, 5.74) is 1.81. The predicted molar refractivity (Wildman–Crippen MR) is 81.5 cm³/mol. The van der Waals surface area contributed by atoms with Crippen LogP contribution in [0.15, 0.2) is 29.4 Å². The Morgan fingerprint density at radius 1 is 1.35 bits per heavy atom. The van der Waals surface area contributed by atoms with E-state index in [4.69, 9.17) is 4.74 Å². The molecule has 23 heavy (non-hydrogen) atoms. The van der Waals surface area contributed by atoms with Gasteiger partial charge in [-0.3, -0.25) is 9.40 Å². The van der Waals surface area contributed by atoms with Crippen LogP contribution in [-0.4, -0.2) is 31.7 Å². The molecule has 1 N–H and O–H groups in total. The van der Waals surface area contributed by atoms with Crippen molar-refractivity contribution in [3.8, 4) is 5.75 Å². The predicted octanol–water partition coefficient (Wildman–Crippen LogP) is 2.57. The summed E-state index contributed by atoms with van der Waals surface area (Å²) in [5, 5.41) is 3.63. The van der Waals surface area contributed by atoms with Crippen LogP contribution in [0, 0.1) is 13.8 Å². The SMILES string of the molecule is COc1cc(C)cc(NS(=O)(=O)c2cnn(CC(F)F)c2)c1C. The van der Waals surface area contributed by atoms with Crippen LogP contribution in [0.3, 0.4) is 0 Å². The van der Waals surface area contributed by atoms with Crippen molar-refractivity contribution in [2.45, 2.75) is 31.7 Å². The number of halogens is 2. The van der Waals surface area contributed by atoms with Gasteiger partial charge in [0, 0.05) is 11.8 Å². The minimum atomic E-state index is -3.93. The van der Waals surface area contributed by atoms with Gasteiger partial charge >= 0.3 is 0 Å². The summed E-state index contributed by atoms with van der Waals surface area (Å²) < 4.78 is 57.9. The fourth-order valence-electron chi connectivity index (χ4n) is 2.07. The summed E-state index contributed by atoms with van der Waals surface area (Å²) in [6.45, 7) is 2.86. The first-order valence-corrected chi connectivity index (χ1v) is 8.20. The average molecular weight is 345 g/mol. The maximum Gasteiger partial charge on any atom is 0.265 e. The number of sulfonamides is 1. The largest absolute Gasteiger partial charge is 0.496 e. The second kappa shape index (κ2) is 6.53. The lowest BCUT2D eigenvalue weighted by molar-refractivity contribution is 0.121. The third kappa shape index (κ3) is 3.98. The van der Waals surface area contributed by atoms with E-state index in [2.05, 4.69) is 9.82 Å². The van der Waals surface area contributed by atoms with Crippen LogP contribution >= 0.6 is 0 Å². The van der Waals surface area contributed by atoms with Crippen LogP contribution < -0.4 is 9.46 Å². The number of aryl methyl sites for hydroxylation is 1.